The molecule has 2 heterocycles. The van der Waals surface area contributed by atoms with E-state index in [0.29, 0.717) is 4.88 Å². The number of aromatic carboxylic acids is 1. The summed E-state index contributed by atoms with van der Waals surface area (Å²) in [6.07, 6.45) is 3.69. The average Bonchev–Trinajstić information content (AvgIpc) is 2.89. The Hall–Kier alpha value is -1.66. The predicted octanol–water partition coefficient (Wildman–Crippen LogP) is 1.81. The molecule has 0 aliphatic rings. The van der Waals surface area contributed by atoms with Crippen molar-refractivity contribution in [3.8, 4) is 0 Å². The van der Waals surface area contributed by atoms with Crippen LogP contribution < -0.4 is 0 Å². The summed E-state index contributed by atoms with van der Waals surface area (Å²) in [5, 5.41) is 8.86. The van der Waals surface area contributed by atoms with Crippen LogP contribution in [0.5, 0.6) is 0 Å². The SMILES string of the molecule is CN(Cc1ccc(C(=O)O)s1)Cc1nccn1C. The zero-order chi connectivity index (χ0) is 13.1. The van der Waals surface area contributed by atoms with Gasteiger partial charge in [-0.05, 0) is 19.2 Å². The summed E-state index contributed by atoms with van der Waals surface area (Å²) in [4.78, 5) is 18.6. The lowest BCUT2D eigenvalue weighted by Gasteiger charge is -2.15. The molecular formula is C12H15N3O2S. The second-order valence-corrected chi connectivity index (χ2v) is 5.37. The zero-order valence-electron chi connectivity index (χ0n) is 10.3. The number of thiophene rings is 1. The fourth-order valence-electron chi connectivity index (χ4n) is 1.69. The molecule has 0 unspecified atom stereocenters. The highest BCUT2D eigenvalue weighted by Crippen LogP contribution is 2.18. The quantitative estimate of drug-likeness (QED) is 0.895. The van der Waals surface area contributed by atoms with Crippen LogP contribution >= 0.6 is 11.3 Å². The topological polar surface area (TPSA) is 58.4 Å². The molecule has 6 heteroatoms. The molecule has 2 rings (SSSR count). The monoisotopic (exact) mass is 265 g/mol. The second kappa shape index (κ2) is 5.32. The molecule has 5 nitrogen and oxygen atoms in total. The van der Waals surface area contributed by atoms with Crippen molar-refractivity contribution < 1.29 is 9.90 Å². The van der Waals surface area contributed by atoms with Crippen molar-refractivity contribution in [1.29, 1.82) is 0 Å². The van der Waals surface area contributed by atoms with E-state index in [1.54, 1.807) is 12.3 Å². The van der Waals surface area contributed by atoms with Crippen molar-refractivity contribution in [1.82, 2.24) is 14.5 Å². The summed E-state index contributed by atoms with van der Waals surface area (Å²) in [6.45, 7) is 1.47. The van der Waals surface area contributed by atoms with Crippen LogP contribution in [0.25, 0.3) is 0 Å². The molecule has 18 heavy (non-hydrogen) atoms. The molecule has 0 aromatic carbocycles. The Morgan fingerprint density at radius 3 is 2.83 bits per heavy atom. The normalized spacial score (nSPS) is 11.1. The molecular weight excluding hydrogens is 250 g/mol. The molecule has 0 atom stereocenters. The molecule has 2 aromatic heterocycles. The maximum atomic E-state index is 10.8. The van der Waals surface area contributed by atoms with Crippen molar-refractivity contribution in [2.24, 2.45) is 7.05 Å². The van der Waals surface area contributed by atoms with E-state index in [2.05, 4.69) is 9.88 Å². The number of carboxylic acids is 1. The van der Waals surface area contributed by atoms with Crippen LogP contribution in [-0.4, -0.2) is 32.6 Å². The first kappa shape index (κ1) is 12.8. The number of hydrogen-bond donors (Lipinski definition) is 1. The molecule has 0 amide bonds. The molecule has 0 spiro atoms. The number of aryl methyl sites for hydroxylation is 1. The largest absolute Gasteiger partial charge is 0.477 e. The van der Waals surface area contributed by atoms with Gasteiger partial charge in [-0.15, -0.1) is 11.3 Å². The van der Waals surface area contributed by atoms with Crippen LogP contribution in [0.1, 0.15) is 20.4 Å². The van der Waals surface area contributed by atoms with Crippen LogP contribution in [-0.2, 0) is 20.1 Å². The molecule has 0 aliphatic heterocycles. The molecule has 0 saturated carbocycles. The Morgan fingerprint density at radius 2 is 2.28 bits per heavy atom. The van der Waals surface area contributed by atoms with Gasteiger partial charge < -0.3 is 9.67 Å². The van der Waals surface area contributed by atoms with Gasteiger partial charge in [0.05, 0.1) is 6.54 Å². The molecule has 1 N–H and O–H groups in total. The summed E-state index contributed by atoms with van der Waals surface area (Å²) < 4.78 is 1.98. The van der Waals surface area contributed by atoms with Gasteiger partial charge in [0.15, 0.2) is 0 Å². The van der Waals surface area contributed by atoms with Gasteiger partial charge in [-0.2, -0.15) is 0 Å². The minimum atomic E-state index is -0.863. The van der Waals surface area contributed by atoms with E-state index >= 15 is 0 Å². The first-order valence-corrected chi connectivity index (χ1v) is 6.34. The van der Waals surface area contributed by atoms with E-state index in [1.807, 2.05) is 30.9 Å². The van der Waals surface area contributed by atoms with Crippen LogP contribution in [0, 0.1) is 0 Å². The van der Waals surface area contributed by atoms with Gasteiger partial charge in [0.1, 0.15) is 10.7 Å². The van der Waals surface area contributed by atoms with Crippen molar-refractivity contribution >= 4 is 17.3 Å². The van der Waals surface area contributed by atoms with Gasteiger partial charge in [-0.25, -0.2) is 9.78 Å². The lowest BCUT2D eigenvalue weighted by Crippen LogP contribution is -2.18. The third-order valence-electron chi connectivity index (χ3n) is 2.63. The Bertz CT molecular complexity index is 547. The first-order chi connectivity index (χ1) is 8.56. The van der Waals surface area contributed by atoms with Crippen LogP contribution in [0.15, 0.2) is 24.5 Å². The summed E-state index contributed by atoms with van der Waals surface area (Å²) in [7, 11) is 3.96. The van der Waals surface area contributed by atoms with Gasteiger partial charge in [0, 0.05) is 30.9 Å². The number of aromatic nitrogens is 2. The number of hydrogen-bond acceptors (Lipinski definition) is 4. The fraction of sp³-hybridized carbons (Fsp3) is 0.333. The number of carbonyl (C=O) groups is 1. The summed E-state index contributed by atoms with van der Waals surface area (Å²) >= 11 is 1.32. The van der Waals surface area contributed by atoms with Crippen LogP contribution in [0.2, 0.25) is 0 Å². The van der Waals surface area contributed by atoms with E-state index in [-0.39, 0.29) is 0 Å². The third-order valence-corrected chi connectivity index (χ3v) is 3.69. The van der Waals surface area contributed by atoms with Crippen molar-refractivity contribution in [3.05, 3.63) is 40.1 Å². The highest BCUT2D eigenvalue weighted by Gasteiger charge is 2.10. The number of nitrogens with zero attached hydrogens (tertiary/aromatic N) is 3. The number of carboxylic acid groups (broad SMARTS) is 1. The molecule has 0 fully saturated rings. The van der Waals surface area contributed by atoms with Gasteiger partial charge in [-0.1, -0.05) is 0 Å². The highest BCUT2D eigenvalue weighted by atomic mass is 32.1. The van der Waals surface area contributed by atoms with Crippen LogP contribution in [0.4, 0.5) is 0 Å². The minimum absolute atomic E-state index is 0.385. The molecule has 0 saturated heterocycles. The van der Waals surface area contributed by atoms with E-state index < -0.39 is 5.97 Å². The summed E-state index contributed by atoms with van der Waals surface area (Å²) in [5.74, 6) is 0.130. The van der Waals surface area contributed by atoms with Crippen molar-refractivity contribution in [2.45, 2.75) is 13.1 Å². The molecule has 0 aliphatic carbocycles. The van der Waals surface area contributed by atoms with E-state index in [0.717, 1.165) is 23.8 Å². The van der Waals surface area contributed by atoms with Gasteiger partial charge in [0.25, 0.3) is 0 Å². The Labute approximate surface area is 109 Å². The third kappa shape index (κ3) is 2.96. The van der Waals surface area contributed by atoms with Crippen LogP contribution in [0.3, 0.4) is 0 Å². The van der Waals surface area contributed by atoms with Gasteiger partial charge >= 0.3 is 5.97 Å². The lowest BCUT2D eigenvalue weighted by atomic mass is 10.4. The van der Waals surface area contributed by atoms with E-state index in [9.17, 15) is 4.79 Å². The van der Waals surface area contributed by atoms with Gasteiger partial charge in [-0.3, -0.25) is 4.90 Å². The highest BCUT2D eigenvalue weighted by molar-refractivity contribution is 7.13. The van der Waals surface area contributed by atoms with Crippen molar-refractivity contribution in [2.75, 3.05) is 7.05 Å². The maximum absolute atomic E-state index is 10.8. The standard InChI is InChI=1S/C12H15N3O2S/c1-14(8-11-13-5-6-15(11)2)7-9-3-4-10(18-9)12(16)17/h3-6H,7-8H2,1-2H3,(H,16,17). The predicted molar refractivity (Wildman–Crippen MR) is 69.7 cm³/mol. The number of imidazole rings is 1. The Morgan fingerprint density at radius 1 is 1.50 bits per heavy atom. The maximum Gasteiger partial charge on any atom is 0.345 e. The fourth-order valence-corrected chi connectivity index (χ4v) is 2.62. The molecule has 0 radical (unpaired) electrons. The smallest absolute Gasteiger partial charge is 0.345 e. The Balaban J connectivity index is 1.96. The minimum Gasteiger partial charge on any atom is -0.477 e. The molecule has 2 aromatic rings. The first-order valence-electron chi connectivity index (χ1n) is 5.53. The van der Waals surface area contributed by atoms with E-state index in [4.69, 9.17) is 5.11 Å². The van der Waals surface area contributed by atoms with Crippen molar-refractivity contribution in [3.63, 3.8) is 0 Å². The second-order valence-electron chi connectivity index (χ2n) is 4.20. The number of rotatable bonds is 5. The molecule has 96 valence electrons. The summed E-state index contributed by atoms with van der Waals surface area (Å²) in [6, 6.07) is 3.51. The summed E-state index contributed by atoms with van der Waals surface area (Å²) in [5.41, 5.74) is 0. The average molecular weight is 265 g/mol. The van der Waals surface area contributed by atoms with Gasteiger partial charge in [0.2, 0.25) is 0 Å². The zero-order valence-corrected chi connectivity index (χ0v) is 11.1. The Kier molecular flexibility index (Phi) is 3.78. The van der Waals surface area contributed by atoms with E-state index in [1.165, 1.54) is 11.3 Å². The molecule has 0 bridgehead atoms. The lowest BCUT2D eigenvalue weighted by molar-refractivity contribution is 0.0702.